The van der Waals surface area contributed by atoms with Gasteiger partial charge in [0, 0.05) is 27.2 Å². The molecule has 0 aromatic heterocycles. The third kappa shape index (κ3) is 6.20. The molecular weight excluding hydrogens is 210 g/mol. The van der Waals surface area contributed by atoms with Crippen molar-refractivity contribution in [3.05, 3.63) is 0 Å². The first-order chi connectivity index (χ1) is 7.65. The van der Waals surface area contributed by atoms with E-state index in [-0.39, 0.29) is 12.5 Å². The fraction of sp³-hybridized carbons (Fsp3) is 0.778. The van der Waals surface area contributed by atoms with Crippen LogP contribution >= 0.6 is 0 Å². The van der Waals surface area contributed by atoms with Crippen LogP contribution in [-0.4, -0.2) is 57.2 Å². The third-order valence-corrected chi connectivity index (χ3v) is 2.01. The fourth-order valence-electron chi connectivity index (χ4n) is 0.868. The van der Waals surface area contributed by atoms with E-state index < -0.39 is 0 Å². The summed E-state index contributed by atoms with van der Waals surface area (Å²) in [6.45, 7) is 3.77. The van der Waals surface area contributed by atoms with Crippen molar-refractivity contribution in [2.45, 2.75) is 6.92 Å². The van der Waals surface area contributed by atoms with E-state index in [2.05, 4.69) is 15.7 Å². The molecule has 0 bridgehead atoms. The van der Waals surface area contributed by atoms with Gasteiger partial charge in [0.15, 0.2) is 0 Å². The highest BCUT2D eigenvalue weighted by molar-refractivity contribution is 5.84. The molecule has 0 unspecified atom stereocenters. The molecule has 0 saturated carbocycles. The predicted octanol–water partition coefficient (Wildman–Crippen LogP) is -1.48. The highest BCUT2D eigenvalue weighted by Gasteiger charge is 2.05. The zero-order chi connectivity index (χ0) is 12.4. The molecule has 0 atom stereocenters. The van der Waals surface area contributed by atoms with Crippen LogP contribution < -0.4 is 16.6 Å². The summed E-state index contributed by atoms with van der Waals surface area (Å²) in [6.07, 6.45) is 0. The van der Waals surface area contributed by atoms with Crippen LogP contribution in [0.2, 0.25) is 0 Å². The van der Waals surface area contributed by atoms with Gasteiger partial charge < -0.3 is 15.0 Å². The minimum Gasteiger partial charge on any atom is -0.383 e. The summed E-state index contributed by atoms with van der Waals surface area (Å²) in [5, 5.41) is 2.90. The Kier molecular flexibility index (Phi) is 8.18. The second-order valence-electron chi connectivity index (χ2n) is 3.14. The number of nitrogens with zero attached hydrogens (tertiary/aromatic N) is 2. The lowest BCUT2D eigenvalue weighted by Gasteiger charge is -2.13. The van der Waals surface area contributed by atoms with Crippen LogP contribution in [0.25, 0.3) is 0 Å². The van der Waals surface area contributed by atoms with Crippen molar-refractivity contribution in [2.75, 3.05) is 40.4 Å². The van der Waals surface area contributed by atoms with Gasteiger partial charge in [-0.15, -0.1) is 0 Å². The number of hydrogen-bond acceptors (Lipinski definition) is 4. The Morgan fingerprint density at radius 2 is 2.25 bits per heavy atom. The second-order valence-corrected chi connectivity index (χ2v) is 3.14. The van der Waals surface area contributed by atoms with E-state index in [0.29, 0.717) is 25.7 Å². The minimum atomic E-state index is -0.0520. The topological polar surface area (TPSA) is 92.0 Å². The molecule has 0 aromatic rings. The van der Waals surface area contributed by atoms with Gasteiger partial charge in [0.05, 0.1) is 6.61 Å². The summed E-state index contributed by atoms with van der Waals surface area (Å²) < 4.78 is 4.86. The van der Waals surface area contributed by atoms with Crippen LogP contribution in [0.1, 0.15) is 6.92 Å². The number of amides is 1. The van der Waals surface area contributed by atoms with Gasteiger partial charge in [-0.2, -0.15) is 0 Å². The quantitative estimate of drug-likeness (QED) is 0.170. The number of rotatable bonds is 6. The predicted molar refractivity (Wildman–Crippen MR) is 62.8 cm³/mol. The lowest BCUT2D eigenvalue weighted by Crippen LogP contribution is -2.43. The van der Waals surface area contributed by atoms with Gasteiger partial charge in [-0.3, -0.25) is 10.2 Å². The van der Waals surface area contributed by atoms with Crippen molar-refractivity contribution in [1.29, 1.82) is 0 Å². The van der Waals surface area contributed by atoms with Crippen LogP contribution in [0, 0.1) is 0 Å². The average molecular weight is 231 g/mol. The number of likely N-dealkylation sites (N-methyl/N-ethyl adjacent to an activating group) is 1. The van der Waals surface area contributed by atoms with Crippen molar-refractivity contribution < 1.29 is 9.53 Å². The van der Waals surface area contributed by atoms with Crippen molar-refractivity contribution in [3.63, 3.8) is 0 Å². The monoisotopic (exact) mass is 231 g/mol. The number of hydrogen-bond donors (Lipinski definition) is 3. The molecular formula is C9H21N5O2. The van der Waals surface area contributed by atoms with Gasteiger partial charge in [0.2, 0.25) is 11.9 Å². The number of nitrogens with one attached hydrogen (secondary N) is 2. The number of methoxy groups -OCH3 is 1. The van der Waals surface area contributed by atoms with E-state index in [1.54, 1.807) is 19.1 Å². The van der Waals surface area contributed by atoms with Crippen molar-refractivity contribution in [1.82, 2.24) is 15.6 Å². The van der Waals surface area contributed by atoms with Gasteiger partial charge in [-0.1, -0.05) is 0 Å². The Bertz CT molecular complexity index is 232. The van der Waals surface area contributed by atoms with Crippen molar-refractivity contribution >= 4 is 11.9 Å². The van der Waals surface area contributed by atoms with E-state index in [4.69, 9.17) is 10.6 Å². The number of hydrazine groups is 1. The first-order valence-electron chi connectivity index (χ1n) is 5.13. The summed E-state index contributed by atoms with van der Waals surface area (Å²) in [4.78, 5) is 17.0. The number of carbonyl (C=O) groups is 1. The summed E-state index contributed by atoms with van der Waals surface area (Å²) in [7, 11) is 3.33. The number of ether oxygens (including phenoxy) is 1. The zero-order valence-electron chi connectivity index (χ0n) is 10.1. The van der Waals surface area contributed by atoms with Gasteiger partial charge in [0.1, 0.15) is 6.54 Å². The van der Waals surface area contributed by atoms with Gasteiger partial charge in [-0.05, 0) is 6.92 Å². The Labute approximate surface area is 96.0 Å². The molecule has 7 nitrogen and oxygen atoms in total. The SMILES string of the molecule is CCN(C)C(=O)CN=C(NN)NCCOC. The van der Waals surface area contributed by atoms with E-state index in [0.717, 1.165) is 0 Å². The summed E-state index contributed by atoms with van der Waals surface area (Å²) >= 11 is 0. The van der Waals surface area contributed by atoms with E-state index in [1.807, 2.05) is 6.92 Å². The molecule has 16 heavy (non-hydrogen) atoms. The summed E-state index contributed by atoms with van der Waals surface area (Å²) in [5.41, 5.74) is 2.39. The summed E-state index contributed by atoms with van der Waals surface area (Å²) in [6, 6.07) is 0. The molecule has 7 heteroatoms. The van der Waals surface area contributed by atoms with Gasteiger partial charge in [0.25, 0.3) is 0 Å². The molecule has 0 fully saturated rings. The molecule has 0 heterocycles. The smallest absolute Gasteiger partial charge is 0.244 e. The molecule has 0 radical (unpaired) electrons. The standard InChI is InChI=1S/C9H21N5O2/c1-4-14(2)8(15)7-12-9(13-10)11-5-6-16-3/h4-7,10H2,1-3H3,(H2,11,12,13). The molecule has 0 rings (SSSR count). The highest BCUT2D eigenvalue weighted by Crippen LogP contribution is 1.84. The normalized spacial score (nSPS) is 11.1. The van der Waals surface area contributed by atoms with E-state index >= 15 is 0 Å². The minimum absolute atomic E-state index is 0.0520. The van der Waals surface area contributed by atoms with Crippen molar-refractivity contribution in [3.8, 4) is 0 Å². The van der Waals surface area contributed by atoms with Crippen LogP contribution in [0.3, 0.4) is 0 Å². The molecule has 0 saturated heterocycles. The maximum Gasteiger partial charge on any atom is 0.244 e. The molecule has 0 aliphatic heterocycles. The summed E-state index contributed by atoms with van der Waals surface area (Å²) in [5.74, 6) is 5.57. The fourth-order valence-corrected chi connectivity index (χ4v) is 0.868. The largest absolute Gasteiger partial charge is 0.383 e. The van der Waals surface area contributed by atoms with Crippen LogP contribution in [0.15, 0.2) is 4.99 Å². The molecule has 0 aromatic carbocycles. The van der Waals surface area contributed by atoms with E-state index in [1.165, 1.54) is 0 Å². The molecule has 1 amide bonds. The molecule has 94 valence electrons. The second kappa shape index (κ2) is 8.93. The Hall–Kier alpha value is -1.34. The first kappa shape index (κ1) is 14.7. The van der Waals surface area contributed by atoms with Gasteiger partial charge in [-0.25, -0.2) is 10.8 Å². The average Bonchev–Trinajstić information content (AvgIpc) is 2.32. The van der Waals surface area contributed by atoms with E-state index in [9.17, 15) is 4.79 Å². The lowest BCUT2D eigenvalue weighted by atomic mass is 10.5. The third-order valence-electron chi connectivity index (χ3n) is 2.01. The maximum atomic E-state index is 11.4. The maximum absolute atomic E-state index is 11.4. The zero-order valence-corrected chi connectivity index (χ0v) is 10.1. The first-order valence-corrected chi connectivity index (χ1v) is 5.13. The molecule has 0 aliphatic carbocycles. The number of carbonyl (C=O) groups excluding carboxylic acids is 1. The Morgan fingerprint density at radius 1 is 1.56 bits per heavy atom. The number of aliphatic imine (C=N–C) groups is 1. The Balaban J connectivity index is 4.00. The lowest BCUT2D eigenvalue weighted by molar-refractivity contribution is -0.128. The Morgan fingerprint density at radius 3 is 2.75 bits per heavy atom. The van der Waals surface area contributed by atoms with Gasteiger partial charge >= 0.3 is 0 Å². The molecule has 0 spiro atoms. The van der Waals surface area contributed by atoms with Crippen LogP contribution in [0.5, 0.6) is 0 Å². The highest BCUT2D eigenvalue weighted by atomic mass is 16.5. The number of nitrogens with two attached hydrogens (primary N) is 1. The molecule has 4 N–H and O–H groups in total. The number of guanidine groups is 1. The van der Waals surface area contributed by atoms with Crippen LogP contribution in [-0.2, 0) is 9.53 Å². The molecule has 0 aliphatic rings. The van der Waals surface area contributed by atoms with Crippen molar-refractivity contribution in [2.24, 2.45) is 10.8 Å². The van der Waals surface area contributed by atoms with Crippen LogP contribution in [0.4, 0.5) is 0 Å².